The Balaban J connectivity index is 1.94. The lowest BCUT2D eigenvalue weighted by atomic mass is 10.1. The highest BCUT2D eigenvalue weighted by Crippen LogP contribution is 2.30. The van der Waals surface area contributed by atoms with Gasteiger partial charge in [0, 0.05) is 41.9 Å². The number of ether oxygens (including phenoxy) is 2. The normalized spacial score (nSPS) is 14.6. The van der Waals surface area contributed by atoms with E-state index in [0.29, 0.717) is 44.7 Å². The quantitative estimate of drug-likeness (QED) is 0.156. The highest BCUT2D eigenvalue weighted by molar-refractivity contribution is 6.24. The topological polar surface area (TPSA) is 186 Å². The van der Waals surface area contributed by atoms with Crippen LogP contribution in [0.2, 0.25) is 0 Å². The van der Waals surface area contributed by atoms with Crippen molar-refractivity contribution < 1.29 is 20.4 Å². The Morgan fingerprint density at radius 2 is 1.52 bits per heavy atom. The zero-order chi connectivity index (χ0) is 29.4. The number of aromatic nitrogens is 4. The Morgan fingerprint density at radius 1 is 0.850 bits per heavy atom. The maximum Gasteiger partial charge on any atom is 0.267 e. The van der Waals surface area contributed by atoms with E-state index in [4.69, 9.17) is 27.5 Å². The molecule has 0 aromatic carbocycles. The summed E-state index contributed by atoms with van der Waals surface area (Å²) in [7, 11) is 3.19. The predicted octanol–water partition coefficient (Wildman–Crippen LogP) is 2.73. The molecule has 0 saturated heterocycles. The van der Waals surface area contributed by atoms with Gasteiger partial charge in [0.2, 0.25) is 0 Å². The number of hydrogen-bond acceptors (Lipinski definition) is 8. The van der Waals surface area contributed by atoms with Crippen molar-refractivity contribution in [3.63, 3.8) is 0 Å². The summed E-state index contributed by atoms with van der Waals surface area (Å²) in [5.41, 5.74) is 10.1. The van der Waals surface area contributed by atoms with Crippen molar-refractivity contribution in [3.8, 4) is 0 Å². The maximum absolute atomic E-state index is 12.7. The third-order valence-corrected chi connectivity index (χ3v) is 6.83. The van der Waals surface area contributed by atoms with Gasteiger partial charge in [0.15, 0.2) is 0 Å². The van der Waals surface area contributed by atoms with Gasteiger partial charge in [-0.05, 0) is 62.4 Å². The second-order valence-corrected chi connectivity index (χ2v) is 9.32. The molecule has 8 N–H and O–H groups in total. The summed E-state index contributed by atoms with van der Waals surface area (Å²) in [6, 6.07) is 8.67. The van der Waals surface area contributed by atoms with Crippen LogP contribution in [0.15, 0.2) is 36.4 Å². The van der Waals surface area contributed by atoms with E-state index in [1.807, 2.05) is 26.0 Å². The van der Waals surface area contributed by atoms with Crippen LogP contribution in [-0.2, 0) is 14.3 Å². The first-order chi connectivity index (χ1) is 19.7. The average Bonchev–Trinajstić information content (AvgIpc) is 3.73. The van der Waals surface area contributed by atoms with Gasteiger partial charge in [-0.15, -0.1) is 0 Å². The molecule has 206 valence electrons. The van der Waals surface area contributed by atoms with Crippen molar-refractivity contribution in [1.82, 2.24) is 30.8 Å². The number of rotatable bonds is 6. The van der Waals surface area contributed by atoms with Gasteiger partial charge in [0.05, 0.1) is 53.0 Å². The minimum atomic E-state index is -0.559. The second kappa shape index (κ2) is 10.9. The predicted molar refractivity (Wildman–Crippen MR) is 153 cm³/mol. The largest absolute Gasteiger partial charge is 0.377 e. The highest BCUT2D eigenvalue weighted by Gasteiger charge is 2.22. The van der Waals surface area contributed by atoms with Crippen LogP contribution in [0.1, 0.15) is 60.0 Å². The molecule has 0 spiro atoms. The van der Waals surface area contributed by atoms with Crippen molar-refractivity contribution in [2.24, 2.45) is 11.7 Å². The Bertz CT molecular complexity index is 1790. The summed E-state index contributed by atoms with van der Waals surface area (Å²) >= 11 is 0. The summed E-state index contributed by atoms with van der Waals surface area (Å²) in [5.74, 6) is 9.79. The first kappa shape index (κ1) is 25.6. The molecule has 5 rings (SSSR count). The number of carbonyl (C=O) groups is 2. The minimum absolute atomic E-state index is 0.196. The molecule has 0 aliphatic carbocycles. The van der Waals surface area contributed by atoms with Crippen LogP contribution in [0.4, 0.5) is 0 Å². The van der Waals surface area contributed by atoms with E-state index in [9.17, 15) is 9.59 Å². The molecule has 12 heteroatoms. The van der Waals surface area contributed by atoms with Gasteiger partial charge in [-0.1, -0.05) is 0 Å². The molecule has 0 fully saturated rings. The molecule has 2 aliphatic rings. The van der Waals surface area contributed by atoms with Crippen molar-refractivity contribution in [2.45, 2.75) is 26.1 Å². The Hall–Kier alpha value is -4.62. The number of H-pyrrole nitrogens is 2. The van der Waals surface area contributed by atoms with E-state index >= 15 is 0 Å². The van der Waals surface area contributed by atoms with Crippen LogP contribution < -0.4 is 22.5 Å². The van der Waals surface area contributed by atoms with Gasteiger partial charge in [0.25, 0.3) is 11.8 Å². The first-order valence-corrected chi connectivity index (χ1v) is 12.4. The fraction of sp³-hybridized carbons (Fsp3) is 0.214. The third kappa shape index (κ3) is 5.03. The summed E-state index contributed by atoms with van der Waals surface area (Å²) in [6.07, 6.45) is 2.81. The summed E-state index contributed by atoms with van der Waals surface area (Å²) in [4.78, 5) is 41.3. The van der Waals surface area contributed by atoms with Crippen molar-refractivity contribution in [2.75, 3.05) is 14.2 Å². The number of hydrazine groups is 2. The average molecular weight is 544 g/mol. The van der Waals surface area contributed by atoms with Crippen LogP contribution in [0, 0.1) is 0 Å². The maximum atomic E-state index is 12.7. The second-order valence-electron chi connectivity index (χ2n) is 9.32. The minimum Gasteiger partial charge on any atom is -0.377 e. The number of amides is 2. The number of aromatic amines is 2. The summed E-state index contributed by atoms with van der Waals surface area (Å²) in [6.45, 7) is 3.76. The molecule has 40 heavy (non-hydrogen) atoms. The summed E-state index contributed by atoms with van der Waals surface area (Å²) < 4.78 is 20.1. The molecule has 3 aromatic rings. The number of nitrogens with one attached hydrogen (secondary N) is 4. The number of nitrogens with zero attached hydrogens (tertiary/aromatic N) is 2. The number of carbonyl (C=O) groups excluding carboxylic acids is 2. The van der Waals surface area contributed by atoms with Crippen LogP contribution in [0.25, 0.3) is 45.4 Å². The van der Waals surface area contributed by atoms with Gasteiger partial charge in [-0.2, -0.15) is 0 Å². The van der Waals surface area contributed by atoms with Crippen molar-refractivity contribution in [1.29, 1.82) is 0 Å². The van der Waals surface area contributed by atoms with E-state index in [1.165, 1.54) is 0 Å². The lowest BCUT2D eigenvalue weighted by molar-refractivity contribution is -0.115. The molecule has 3 aromatic heterocycles. The third-order valence-electron chi connectivity index (χ3n) is 6.83. The lowest BCUT2D eigenvalue weighted by Gasteiger charge is -2.09. The number of methoxy groups -OCH3 is 2. The molecule has 0 saturated carbocycles. The van der Waals surface area contributed by atoms with Crippen LogP contribution in [0.5, 0.6) is 0 Å². The number of fused-ring (bicyclic) bond motifs is 8. The molecular formula is C28H30N8O4. The monoisotopic (exact) mass is 543 g/mol. The summed E-state index contributed by atoms with van der Waals surface area (Å²) in [5, 5.41) is 0. The van der Waals surface area contributed by atoms with Crippen molar-refractivity contribution >= 4 is 57.2 Å². The fourth-order valence-electron chi connectivity index (χ4n) is 4.62. The molecule has 2 aliphatic heterocycles. The van der Waals surface area contributed by atoms with Gasteiger partial charge < -0.3 is 19.4 Å². The Labute approximate surface area is 230 Å². The van der Waals surface area contributed by atoms with Crippen molar-refractivity contribution in [3.05, 3.63) is 70.3 Å². The molecule has 2 amide bonds. The molecule has 8 bridgehead atoms. The van der Waals surface area contributed by atoms with E-state index in [1.54, 1.807) is 44.6 Å². The van der Waals surface area contributed by atoms with Gasteiger partial charge in [-0.3, -0.25) is 20.4 Å². The smallest absolute Gasteiger partial charge is 0.267 e. The zero-order valence-corrected chi connectivity index (χ0v) is 22.4. The van der Waals surface area contributed by atoms with E-state index in [-0.39, 0.29) is 29.0 Å². The number of nitrogens with two attached hydrogens (primary N) is 2. The molecule has 12 nitrogen and oxygen atoms in total. The Kier molecular flexibility index (Phi) is 6.97. The van der Waals surface area contributed by atoms with Gasteiger partial charge >= 0.3 is 0 Å². The fourth-order valence-corrected chi connectivity index (χ4v) is 4.62. The molecule has 2 atom stereocenters. The van der Waals surface area contributed by atoms with Crippen LogP contribution in [-0.4, -0.2) is 52.1 Å². The van der Waals surface area contributed by atoms with E-state index in [0.717, 1.165) is 5.57 Å². The zero-order valence-electron chi connectivity index (χ0n) is 23.4. The first-order valence-electron chi connectivity index (χ1n) is 12.9. The lowest BCUT2D eigenvalue weighted by Crippen LogP contribution is -2.30. The van der Waals surface area contributed by atoms with E-state index in [2.05, 4.69) is 25.8 Å². The standard InChI is InChI=1S/C28H30N8O4/c1-13(39-3)19-6-15-5-16-8-21(27(37)35-29)25(32-16)12-26-22(28(38)36-30)9-18(34-26)11-24-20(14(2)40-4)7-17(33-24)10-23(19)31-15/h5-14,31-32H,29-30H2,1-4H3,(H,35,37)(H,36,38)/i6D. The van der Waals surface area contributed by atoms with Crippen LogP contribution >= 0.6 is 0 Å². The van der Waals surface area contributed by atoms with E-state index < -0.39 is 17.9 Å². The molecule has 2 unspecified atom stereocenters. The molecule has 0 radical (unpaired) electrons. The number of hydrogen-bond donors (Lipinski definition) is 6. The molecular weight excluding hydrogens is 512 g/mol. The SMILES string of the molecule is [2H]c1c(C(C)OC)c2cc3nc(cc4nc(cc5[nH]c(cc5C(=O)NN)cc1[nH]2)C(C(=O)NN)=C4)C(C(C)OC)=C3. The highest BCUT2D eigenvalue weighted by atomic mass is 16.5. The number of nitrogen functional groups attached to an aromatic ring is 1. The Morgan fingerprint density at radius 3 is 2.23 bits per heavy atom. The van der Waals surface area contributed by atoms with Gasteiger partial charge in [-0.25, -0.2) is 21.7 Å². The van der Waals surface area contributed by atoms with Crippen LogP contribution in [0.3, 0.4) is 0 Å². The van der Waals surface area contributed by atoms with Gasteiger partial charge in [0.1, 0.15) is 0 Å². The molecule has 5 heterocycles.